The molecule has 1 fully saturated rings. The molecule has 0 aromatic heterocycles. The maximum absolute atomic E-state index is 12.2. The molecule has 1 aliphatic heterocycles. The second-order valence-electron chi connectivity index (χ2n) is 5.77. The summed E-state index contributed by atoms with van der Waals surface area (Å²) in [4.78, 5) is 25.9. The van der Waals surface area contributed by atoms with Crippen molar-refractivity contribution < 1.29 is 22.7 Å². The number of carbonyl (C=O) groups excluding carboxylic acids is 2. The second kappa shape index (κ2) is 7.76. The summed E-state index contributed by atoms with van der Waals surface area (Å²) < 4.78 is 31.7. The number of rotatable bonds is 6. The zero-order valence-electron chi connectivity index (χ0n) is 13.8. The minimum Gasteiger partial charge on any atom is -0.451 e. The van der Waals surface area contributed by atoms with E-state index in [-0.39, 0.29) is 10.8 Å². The smallest absolute Gasteiger partial charge is 0.324 e. The largest absolute Gasteiger partial charge is 0.451 e. The molecule has 0 aliphatic carbocycles. The van der Waals surface area contributed by atoms with Crippen molar-refractivity contribution in [3.63, 3.8) is 0 Å². The highest BCUT2D eigenvalue weighted by Crippen LogP contribution is 2.12. The Kier molecular flexibility index (Phi) is 5.95. The molecule has 1 aliphatic rings. The van der Waals surface area contributed by atoms with Crippen LogP contribution in [0.2, 0.25) is 0 Å². The number of hydrogen-bond acceptors (Lipinski definition) is 5. The standard InChI is InChI=1S/C16H22N2O5S/c1-12(17-24(21,22)14-8-4-3-5-9-14)16(20)23-13(2)15(19)18-10-6-7-11-18/h3-5,8-9,12-13,17H,6-7,10-11H2,1-2H3. The molecule has 24 heavy (non-hydrogen) atoms. The lowest BCUT2D eigenvalue weighted by Crippen LogP contribution is -2.44. The molecule has 2 rings (SSSR count). The van der Waals surface area contributed by atoms with Crippen molar-refractivity contribution >= 4 is 21.9 Å². The summed E-state index contributed by atoms with van der Waals surface area (Å²) in [5, 5.41) is 0. The molecule has 132 valence electrons. The summed E-state index contributed by atoms with van der Waals surface area (Å²) in [5.41, 5.74) is 0. The maximum Gasteiger partial charge on any atom is 0.324 e. The van der Waals surface area contributed by atoms with E-state index in [4.69, 9.17) is 4.74 Å². The van der Waals surface area contributed by atoms with Crippen LogP contribution in [0.3, 0.4) is 0 Å². The molecular formula is C16H22N2O5S. The van der Waals surface area contributed by atoms with Gasteiger partial charge >= 0.3 is 5.97 Å². The van der Waals surface area contributed by atoms with Crippen LogP contribution in [0.1, 0.15) is 26.7 Å². The number of benzene rings is 1. The van der Waals surface area contributed by atoms with Gasteiger partial charge in [0.05, 0.1) is 4.90 Å². The first kappa shape index (κ1) is 18.4. The minimum atomic E-state index is -3.82. The van der Waals surface area contributed by atoms with Crippen LogP contribution in [-0.4, -0.2) is 50.4 Å². The maximum atomic E-state index is 12.2. The van der Waals surface area contributed by atoms with Gasteiger partial charge in [0.2, 0.25) is 10.0 Å². The molecule has 7 nitrogen and oxygen atoms in total. The van der Waals surface area contributed by atoms with E-state index in [1.54, 1.807) is 23.1 Å². The van der Waals surface area contributed by atoms with Gasteiger partial charge in [-0.3, -0.25) is 9.59 Å². The molecule has 1 aromatic carbocycles. The molecule has 1 aromatic rings. The van der Waals surface area contributed by atoms with Gasteiger partial charge in [0, 0.05) is 13.1 Å². The first-order valence-electron chi connectivity index (χ1n) is 7.88. The topological polar surface area (TPSA) is 92.8 Å². The number of hydrogen-bond donors (Lipinski definition) is 1. The summed E-state index contributed by atoms with van der Waals surface area (Å²) in [6, 6.07) is 6.65. The van der Waals surface area contributed by atoms with Crippen LogP contribution in [0.4, 0.5) is 0 Å². The Morgan fingerprint density at radius 2 is 1.71 bits per heavy atom. The molecule has 0 spiro atoms. The monoisotopic (exact) mass is 354 g/mol. The lowest BCUT2D eigenvalue weighted by molar-refractivity contribution is -0.159. The third-order valence-corrected chi connectivity index (χ3v) is 5.35. The Bertz CT molecular complexity index is 684. The molecular weight excluding hydrogens is 332 g/mol. The van der Waals surface area contributed by atoms with Gasteiger partial charge in [-0.25, -0.2) is 8.42 Å². The SMILES string of the molecule is CC(NS(=O)(=O)c1ccccc1)C(=O)OC(C)C(=O)N1CCCC1. The van der Waals surface area contributed by atoms with Gasteiger partial charge in [0.25, 0.3) is 5.91 Å². The van der Waals surface area contributed by atoms with Crippen LogP contribution in [0.15, 0.2) is 35.2 Å². The van der Waals surface area contributed by atoms with Crippen LogP contribution in [-0.2, 0) is 24.3 Å². The van der Waals surface area contributed by atoms with Crippen molar-refractivity contribution in [3.05, 3.63) is 30.3 Å². The first-order chi connectivity index (χ1) is 11.3. The van der Waals surface area contributed by atoms with E-state index >= 15 is 0 Å². The van der Waals surface area contributed by atoms with E-state index in [2.05, 4.69) is 4.72 Å². The third kappa shape index (κ3) is 4.55. The normalized spacial score (nSPS) is 17.3. The van der Waals surface area contributed by atoms with E-state index < -0.39 is 28.1 Å². The minimum absolute atomic E-state index is 0.0610. The van der Waals surface area contributed by atoms with E-state index in [0.29, 0.717) is 13.1 Å². The van der Waals surface area contributed by atoms with Crippen molar-refractivity contribution in [2.24, 2.45) is 0 Å². The van der Waals surface area contributed by atoms with E-state index in [1.807, 2.05) is 0 Å². The number of likely N-dealkylation sites (tertiary alicyclic amines) is 1. The van der Waals surface area contributed by atoms with Gasteiger partial charge in [0.15, 0.2) is 6.10 Å². The zero-order valence-corrected chi connectivity index (χ0v) is 14.6. The van der Waals surface area contributed by atoms with Gasteiger partial charge in [-0.1, -0.05) is 18.2 Å². The van der Waals surface area contributed by atoms with Gasteiger partial charge in [0.1, 0.15) is 6.04 Å². The van der Waals surface area contributed by atoms with Gasteiger partial charge in [-0.15, -0.1) is 0 Å². The van der Waals surface area contributed by atoms with Crippen molar-refractivity contribution in [2.75, 3.05) is 13.1 Å². The number of carbonyl (C=O) groups is 2. The molecule has 2 atom stereocenters. The highest BCUT2D eigenvalue weighted by atomic mass is 32.2. The summed E-state index contributed by atoms with van der Waals surface area (Å²) in [7, 11) is -3.82. The lowest BCUT2D eigenvalue weighted by Gasteiger charge is -2.22. The molecule has 0 bridgehead atoms. The van der Waals surface area contributed by atoms with E-state index in [1.165, 1.54) is 26.0 Å². The lowest BCUT2D eigenvalue weighted by atomic mass is 10.3. The fraction of sp³-hybridized carbons (Fsp3) is 0.500. The fourth-order valence-electron chi connectivity index (χ4n) is 2.47. The van der Waals surface area contributed by atoms with Crippen LogP contribution >= 0.6 is 0 Å². The summed E-state index contributed by atoms with van der Waals surface area (Å²) >= 11 is 0. The molecule has 1 amide bonds. The molecule has 1 N–H and O–H groups in total. The first-order valence-corrected chi connectivity index (χ1v) is 9.36. The predicted octanol–water partition coefficient (Wildman–Crippen LogP) is 0.907. The highest BCUT2D eigenvalue weighted by molar-refractivity contribution is 7.89. The molecule has 1 saturated heterocycles. The molecule has 0 radical (unpaired) electrons. The number of sulfonamides is 1. The van der Waals surface area contributed by atoms with Crippen LogP contribution < -0.4 is 4.72 Å². The third-order valence-electron chi connectivity index (χ3n) is 3.80. The average Bonchev–Trinajstić information content (AvgIpc) is 3.08. The highest BCUT2D eigenvalue weighted by Gasteiger charge is 2.29. The summed E-state index contributed by atoms with van der Waals surface area (Å²) in [5.74, 6) is -1.03. The molecule has 1 heterocycles. The Morgan fingerprint density at radius 1 is 1.12 bits per heavy atom. The molecule has 0 saturated carbocycles. The number of esters is 1. The van der Waals surface area contributed by atoms with Gasteiger partial charge in [-0.2, -0.15) is 4.72 Å². The Labute approximate surface area is 142 Å². The van der Waals surface area contributed by atoms with Crippen molar-refractivity contribution in [2.45, 2.75) is 43.7 Å². The van der Waals surface area contributed by atoms with Gasteiger partial charge < -0.3 is 9.64 Å². The van der Waals surface area contributed by atoms with Crippen LogP contribution in [0.5, 0.6) is 0 Å². The number of nitrogens with zero attached hydrogens (tertiary/aromatic N) is 1. The Morgan fingerprint density at radius 3 is 2.29 bits per heavy atom. The van der Waals surface area contributed by atoms with Crippen LogP contribution in [0, 0.1) is 0 Å². The van der Waals surface area contributed by atoms with Crippen molar-refractivity contribution in [1.82, 2.24) is 9.62 Å². The van der Waals surface area contributed by atoms with Crippen molar-refractivity contribution in [1.29, 1.82) is 0 Å². The Hall–Kier alpha value is -1.93. The van der Waals surface area contributed by atoms with Crippen molar-refractivity contribution in [3.8, 4) is 0 Å². The van der Waals surface area contributed by atoms with Gasteiger partial charge in [-0.05, 0) is 38.8 Å². The predicted molar refractivity (Wildman–Crippen MR) is 87.6 cm³/mol. The average molecular weight is 354 g/mol. The quantitative estimate of drug-likeness (QED) is 0.767. The number of nitrogens with one attached hydrogen (secondary N) is 1. The molecule has 8 heteroatoms. The Balaban J connectivity index is 1.93. The summed E-state index contributed by atoms with van der Waals surface area (Å²) in [6.45, 7) is 4.21. The number of ether oxygens (including phenoxy) is 1. The van der Waals surface area contributed by atoms with Crippen LogP contribution in [0.25, 0.3) is 0 Å². The summed E-state index contributed by atoms with van der Waals surface area (Å²) in [6.07, 6.45) is 0.957. The number of amides is 1. The second-order valence-corrected chi connectivity index (χ2v) is 7.48. The molecule has 2 unspecified atom stereocenters. The fourth-order valence-corrected chi connectivity index (χ4v) is 3.68. The van der Waals surface area contributed by atoms with E-state index in [0.717, 1.165) is 12.8 Å². The van der Waals surface area contributed by atoms with E-state index in [9.17, 15) is 18.0 Å². The zero-order chi connectivity index (χ0) is 17.7.